The first-order valence-electron chi connectivity index (χ1n) is 7.28. The summed E-state index contributed by atoms with van der Waals surface area (Å²) in [5.74, 6) is -0.798. The van der Waals surface area contributed by atoms with E-state index in [2.05, 4.69) is 10.6 Å². The molecular formula is C16H24N2O5. The van der Waals surface area contributed by atoms with E-state index in [1.165, 1.54) is 7.11 Å². The Bertz CT molecular complexity index is 514. The summed E-state index contributed by atoms with van der Waals surface area (Å²) >= 11 is 0. The van der Waals surface area contributed by atoms with Gasteiger partial charge in [-0.1, -0.05) is 12.1 Å². The molecule has 23 heavy (non-hydrogen) atoms. The summed E-state index contributed by atoms with van der Waals surface area (Å²) in [4.78, 5) is 23.1. The topological polar surface area (TPSA) is 96.9 Å². The largest absolute Gasteiger partial charge is 0.497 e. The zero-order valence-electron chi connectivity index (χ0n) is 13.7. The van der Waals surface area contributed by atoms with Crippen molar-refractivity contribution in [1.82, 2.24) is 10.6 Å². The third-order valence-electron chi connectivity index (χ3n) is 3.17. The molecule has 128 valence electrons. The fraction of sp³-hybridized carbons (Fsp3) is 0.500. The zero-order valence-corrected chi connectivity index (χ0v) is 13.7. The van der Waals surface area contributed by atoms with Crippen LogP contribution in [0.2, 0.25) is 0 Å². The highest BCUT2D eigenvalue weighted by atomic mass is 16.5. The number of hydrogen-bond acceptors (Lipinski definition) is 5. The third-order valence-corrected chi connectivity index (χ3v) is 3.17. The van der Waals surface area contributed by atoms with Crippen molar-refractivity contribution in [3.63, 3.8) is 0 Å². The van der Waals surface area contributed by atoms with Crippen LogP contribution in [0, 0.1) is 0 Å². The Morgan fingerprint density at radius 1 is 1.13 bits per heavy atom. The lowest BCUT2D eigenvalue weighted by Gasteiger charge is -2.23. The van der Waals surface area contributed by atoms with Gasteiger partial charge in [-0.3, -0.25) is 9.59 Å². The van der Waals surface area contributed by atoms with Crippen LogP contribution in [0.5, 0.6) is 5.75 Å². The number of nitrogens with one attached hydrogen (secondary N) is 2. The molecule has 0 aliphatic rings. The highest BCUT2D eigenvalue weighted by molar-refractivity contribution is 6.35. The van der Waals surface area contributed by atoms with Gasteiger partial charge < -0.3 is 25.2 Å². The number of hydrogen-bond donors (Lipinski definition) is 3. The van der Waals surface area contributed by atoms with E-state index >= 15 is 0 Å². The summed E-state index contributed by atoms with van der Waals surface area (Å²) in [7, 11) is 3.08. The summed E-state index contributed by atoms with van der Waals surface area (Å²) in [6, 6.07) is 7.28. The fourth-order valence-electron chi connectivity index (χ4n) is 1.94. The van der Waals surface area contributed by atoms with E-state index in [9.17, 15) is 14.7 Å². The molecule has 0 aromatic heterocycles. The second kappa shape index (κ2) is 9.12. The molecule has 7 heteroatoms. The van der Waals surface area contributed by atoms with Crippen LogP contribution in [0.25, 0.3) is 0 Å². The quantitative estimate of drug-likeness (QED) is 0.457. The fourth-order valence-corrected chi connectivity index (χ4v) is 1.94. The maximum atomic E-state index is 11.6. The van der Waals surface area contributed by atoms with Crippen molar-refractivity contribution in [3.8, 4) is 5.75 Å². The van der Waals surface area contributed by atoms with E-state index in [0.717, 1.165) is 11.3 Å². The molecule has 0 saturated carbocycles. The summed E-state index contributed by atoms with van der Waals surface area (Å²) in [6.07, 6.45) is 0.336. The molecule has 0 bridgehead atoms. The summed E-state index contributed by atoms with van der Waals surface area (Å²) < 4.78 is 9.85. The molecule has 0 aliphatic carbocycles. The van der Waals surface area contributed by atoms with Gasteiger partial charge in [0, 0.05) is 26.6 Å². The third kappa shape index (κ3) is 7.12. The highest BCUT2D eigenvalue weighted by Gasteiger charge is 2.23. The monoisotopic (exact) mass is 324 g/mol. The van der Waals surface area contributed by atoms with E-state index in [-0.39, 0.29) is 13.1 Å². The van der Waals surface area contributed by atoms with Gasteiger partial charge in [-0.05, 0) is 24.6 Å². The van der Waals surface area contributed by atoms with Crippen molar-refractivity contribution in [1.29, 1.82) is 0 Å². The Balaban J connectivity index is 2.44. The highest BCUT2D eigenvalue weighted by Crippen LogP contribution is 2.16. The maximum absolute atomic E-state index is 11.6. The van der Waals surface area contributed by atoms with Crippen LogP contribution in [-0.4, -0.2) is 56.4 Å². The predicted molar refractivity (Wildman–Crippen MR) is 85.2 cm³/mol. The smallest absolute Gasteiger partial charge is 0.309 e. The number of rotatable bonds is 8. The average molecular weight is 324 g/mol. The average Bonchev–Trinajstić information content (AvgIpc) is 2.53. The molecule has 0 radical (unpaired) electrons. The molecule has 2 amide bonds. The molecule has 3 N–H and O–H groups in total. The molecule has 1 aromatic carbocycles. The van der Waals surface area contributed by atoms with Crippen molar-refractivity contribution in [2.45, 2.75) is 18.9 Å². The molecule has 0 aliphatic heterocycles. The Hall–Kier alpha value is -2.12. The van der Waals surface area contributed by atoms with Crippen molar-refractivity contribution in [2.24, 2.45) is 0 Å². The predicted octanol–water partition coefficient (Wildman–Crippen LogP) is -0.132. The first kappa shape index (κ1) is 18.9. The molecule has 0 saturated heterocycles. The first-order chi connectivity index (χ1) is 10.9. The van der Waals surface area contributed by atoms with Gasteiger partial charge in [0.05, 0.1) is 19.3 Å². The van der Waals surface area contributed by atoms with Crippen molar-refractivity contribution < 1.29 is 24.2 Å². The van der Waals surface area contributed by atoms with Crippen LogP contribution in [0.3, 0.4) is 0 Å². The molecule has 1 unspecified atom stereocenters. The number of carbonyl (C=O) groups is 2. The van der Waals surface area contributed by atoms with Gasteiger partial charge in [0.1, 0.15) is 5.75 Å². The van der Waals surface area contributed by atoms with E-state index in [0.29, 0.717) is 13.0 Å². The van der Waals surface area contributed by atoms with Gasteiger partial charge in [0.15, 0.2) is 0 Å². The van der Waals surface area contributed by atoms with E-state index in [1.54, 1.807) is 26.2 Å². The number of ether oxygens (including phenoxy) is 2. The Labute approximate surface area is 136 Å². The van der Waals surface area contributed by atoms with Crippen LogP contribution in [-0.2, 0) is 20.7 Å². The standard InChI is InChI=1S/C16H24N2O5/c1-16(21,10-12-4-6-13(23-3)7-5-12)11-18-15(20)14(19)17-8-9-22-2/h4-7,21H,8-11H2,1-3H3,(H,17,19)(H,18,20). The van der Waals surface area contributed by atoms with Crippen molar-refractivity contribution in [2.75, 3.05) is 33.9 Å². The molecule has 7 nitrogen and oxygen atoms in total. The van der Waals surface area contributed by atoms with Crippen LogP contribution < -0.4 is 15.4 Å². The molecule has 1 rings (SSSR count). The van der Waals surface area contributed by atoms with Crippen LogP contribution >= 0.6 is 0 Å². The van der Waals surface area contributed by atoms with Crippen molar-refractivity contribution >= 4 is 11.8 Å². The molecule has 1 atom stereocenters. The van der Waals surface area contributed by atoms with Gasteiger partial charge in [-0.15, -0.1) is 0 Å². The number of benzene rings is 1. The minimum Gasteiger partial charge on any atom is -0.497 e. The van der Waals surface area contributed by atoms with Gasteiger partial charge >= 0.3 is 11.8 Å². The Morgan fingerprint density at radius 3 is 2.30 bits per heavy atom. The molecule has 0 heterocycles. The van der Waals surface area contributed by atoms with Crippen LogP contribution in [0.15, 0.2) is 24.3 Å². The zero-order chi connectivity index (χ0) is 17.3. The second-order valence-electron chi connectivity index (χ2n) is 5.45. The number of amides is 2. The van der Waals surface area contributed by atoms with Crippen LogP contribution in [0.4, 0.5) is 0 Å². The minimum atomic E-state index is -1.17. The lowest BCUT2D eigenvalue weighted by Crippen LogP contribution is -2.47. The van der Waals surface area contributed by atoms with Gasteiger partial charge in [-0.2, -0.15) is 0 Å². The lowest BCUT2D eigenvalue weighted by atomic mass is 9.96. The SMILES string of the molecule is COCCNC(=O)C(=O)NCC(C)(O)Cc1ccc(OC)cc1. The normalized spacial score (nSPS) is 13.0. The molecule has 0 spiro atoms. The van der Waals surface area contributed by atoms with E-state index < -0.39 is 17.4 Å². The first-order valence-corrected chi connectivity index (χ1v) is 7.28. The number of methoxy groups -OCH3 is 2. The van der Waals surface area contributed by atoms with Crippen molar-refractivity contribution in [3.05, 3.63) is 29.8 Å². The second-order valence-corrected chi connectivity index (χ2v) is 5.45. The Morgan fingerprint density at radius 2 is 1.74 bits per heavy atom. The van der Waals surface area contributed by atoms with Gasteiger partial charge in [0.25, 0.3) is 0 Å². The molecule has 1 aromatic rings. The summed E-state index contributed by atoms with van der Waals surface area (Å²) in [5, 5.41) is 15.2. The molecule has 0 fully saturated rings. The van der Waals surface area contributed by atoms with Gasteiger partial charge in [0.2, 0.25) is 0 Å². The number of aliphatic hydroxyl groups is 1. The van der Waals surface area contributed by atoms with E-state index in [1.807, 2.05) is 12.1 Å². The molecular weight excluding hydrogens is 300 g/mol. The van der Waals surface area contributed by atoms with E-state index in [4.69, 9.17) is 9.47 Å². The number of carbonyl (C=O) groups excluding carboxylic acids is 2. The van der Waals surface area contributed by atoms with Crippen LogP contribution in [0.1, 0.15) is 12.5 Å². The maximum Gasteiger partial charge on any atom is 0.309 e. The summed E-state index contributed by atoms with van der Waals surface area (Å²) in [5.41, 5.74) is -0.272. The Kier molecular flexibility index (Phi) is 7.50. The minimum absolute atomic E-state index is 0.0322. The van der Waals surface area contributed by atoms with Gasteiger partial charge in [-0.25, -0.2) is 0 Å². The summed E-state index contributed by atoms with van der Waals surface area (Å²) in [6.45, 7) is 2.15. The lowest BCUT2D eigenvalue weighted by molar-refractivity contribution is -0.139.